The molecule has 1 aliphatic rings. The third-order valence-corrected chi connectivity index (χ3v) is 6.39. The van der Waals surface area contributed by atoms with E-state index in [2.05, 4.69) is 4.98 Å². The monoisotopic (exact) mass is 420 g/mol. The lowest BCUT2D eigenvalue weighted by Gasteiger charge is -2.23. The number of hydrogen-bond donors (Lipinski definition) is 0. The van der Waals surface area contributed by atoms with Crippen LogP contribution in [-0.2, 0) is 4.74 Å². The molecule has 1 atom stereocenters. The molecule has 4 rings (SSSR count). The van der Waals surface area contributed by atoms with Gasteiger partial charge in [-0.1, -0.05) is 11.3 Å². The van der Waals surface area contributed by atoms with Crippen molar-refractivity contribution in [2.45, 2.75) is 23.8 Å². The van der Waals surface area contributed by atoms with Gasteiger partial charge < -0.3 is 4.74 Å². The van der Waals surface area contributed by atoms with Crippen molar-refractivity contribution in [1.82, 2.24) is 4.98 Å². The van der Waals surface area contributed by atoms with Crippen molar-refractivity contribution < 1.29 is 18.3 Å². The molecule has 28 heavy (non-hydrogen) atoms. The smallest absolute Gasteiger partial charge is 0.260 e. The van der Waals surface area contributed by atoms with Gasteiger partial charge in [-0.15, -0.1) is 11.8 Å². The number of rotatable bonds is 5. The van der Waals surface area contributed by atoms with E-state index in [9.17, 15) is 13.6 Å². The molecule has 1 aliphatic heterocycles. The van der Waals surface area contributed by atoms with Gasteiger partial charge in [0.05, 0.1) is 17.3 Å². The van der Waals surface area contributed by atoms with Crippen LogP contribution in [0.15, 0.2) is 41.3 Å². The Kier molecular flexibility index (Phi) is 5.61. The quantitative estimate of drug-likeness (QED) is 0.537. The molecular weight excluding hydrogens is 402 g/mol. The first kappa shape index (κ1) is 19.3. The van der Waals surface area contributed by atoms with Gasteiger partial charge in [-0.3, -0.25) is 9.69 Å². The fourth-order valence-corrected chi connectivity index (χ4v) is 4.61. The van der Waals surface area contributed by atoms with Crippen molar-refractivity contribution in [2.24, 2.45) is 0 Å². The highest BCUT2D eigenvalue weighted by Gasteiger charge is 2.27. The maximum atomic E-state index is 14.1. The van der Waals surface area contributed by atoms with Crippen LogP contribution in [-0.4, -0.2) is 36.4 Å². The second-order valence-corrected chi connectivity index (χ2v) is 8.40. The standard InChI is InChI=1S/C20H18F2N2O2S2/c1-27-15-6-4-12(5-7-15)19(25)24(11-14-3-2-8-26-14)20-23-18-16(22)9-13(21)10-17(18)28-20/h4-7,9-10,14H,2-3,8,11H2,1H3. The zero-order valence-corrected chi connectivity index (χ0v) is 16.8. The molecule has 2 heterocycles. The first-order chi connectivity index (χ1) is 13.5. The summed E-state index contributed by atoms with van der Waals surface area (Å²) < 4.78 is 33.7. The van der Waals surface area contributed by atoms with E-state index < -0.39 is 11.6 Å². The molecular formula is C20H18F2N2O2S2. The van der Waals surface area contributed by atoms with Crippen molar-refractivity contribution in [3.8, 4) is 0 Å². The Morgan fingerprint density at radius 2 is 2.11 bits per heavy atom. The number of carbonyl (C=O) groups excluding carboxylic acids is 1. The number of benzene rings is 2. The maximum absolute atomic E-state index is 14.1. The minimum atomic E-state index is -0.730. The maximum Gasteiger partial charge on any atom is 0.260 e. The van der Waals surface area contributed by atoms with E-state index in [1.807, 2.05) is 18.4 Å². The van der Waals surface area contributed by atoms with Gasteiger partial charge in [-0.2, -0.15) is 0 Å². The van der Waals surface area contributed by atoms with E-state index in [4.69, 9.17) is 4.74 Å². The molecule has 1 aromatic heterocycles. The van der Waals surface area contributed by atoms with E-state index in [-0.39, 0.29) is 17.5 Å². The number of fused-ring (bicyclic) bond motifs is 1. The predicted octanol–water partition coefficient (Wildman–Crippen LogP) is 5.12. The molecule has 0 radical (unpaired) electrons. The van der Waals surface area contributed by atoms with Crippen molar-refractivity contribution >= 4 is 44.4 Å². The third kappa shape index (κ3) is 3.90. The Bertz CT molecular complexity index is 1000. The van der Waals surface area contributed by atoms with Crippen LogP contribution in [0.4, 0.5) is 13.9 Å². The Balaban J connectivity index is 1.72. The molecule has 2 aromatic carbocycles. The van der Waals surface area contributed by atoms with Gasteiger partial charge in [-0.25, -0.2) is 13.8 Å². The van der Waals surface area contributed by atoms with Gasteiger partial charge in [0.2, 0.25) is 0 Å². The van der Waals surface area contributed by atoms with E-state index in [0.29, 0.717) is 28.5 Å². The molecule has 0 N–H and O–H groups in total. The van der Waals surface area contributed by atoms with E-state index >= 15 is 0 Å². The molecule has 1 saturated heterocycles. The fourth-order valence-electron chi connectivity index (χ4n) is 3.19. The van der Waals surface area contributed by atoms with Crippen molar-refractivity contribution in [1.29, 1.82) is 0 Å². The van der Waals surface area contributed by atoms with E-state index in [1.54, 1.807) is 23.9 Å². The zero-order chi connectivity index (χ0) is 19.7. The van der Waals surface area contributed by atoms with Crippen molar-refractivity contribution in [3.05, 3.63) is 53.6 Å². The van der Waals surface area contributed by atoms with Gasteiger partial charge in [0, 0.05) is 23.1 Å². The minimum Gasteiger partial charge on any atom is -0.376 e. The number of hydrogen-bond acceptors (Lipinski definition) is 5. The van der Waals surface area contributed by atoms with Crippen LogP contribution < -0.4 is 4.90 Å². The van der Waals surface area contributed by atoms with Gasteiger partial charge in [-0.05, 0) is 49.4 Å². The molecule has 8 heteroatoms. The third-order valence-electron chi connectivity index (χ3n) is 4.63. The first-order valence-electron chi connectivity index (χ1n) is 8.88. The van der Waals surface area contributed by atoms with E-state index in [0.717, 1.165) is 35.1 Å². The molecule has 0 bridgehead atoms. The van der Waals surface area contributed by atoms with Crippen LogP contribution in [0.3, 0.4) is 0 Å². The van der Waals surface area contributed by atoms with Crippen molar-refractivity contribution in [3.63, 3.8) is 0 Å². The number of ether oxygens (including phenoxy) is 1. The largest absolute Gasteiger partial charge is 0.376 e. The number of aromatic nitrogens is 1. The number of thiazole rings is 1. The highest BCUT2D eigenvalue weighted by molar-refractivity contribution is 7.98. The van der Waals surface area contributed by atoms with Gasteiger partial charge in [0.25, 0.3) is 5.91 Å². The average Bonchev–Trinajstić information content (AvgIpc) is 3.35. The lowest BCUT2D eigenvalue weighted by atomic mass is 10.2. The Morgan fingerprint density at radius 1 is 1.32 bits per heavy atom. The summed E-state index contributed by atoms with van der Waals surface area (Å²) in [6.07, 6.45) is 3.66. The van der Waals surface area contributed by atoms with E-state index in [1.165, 1.54) is 11.0 Å². The summed E-state index contributed by atoms with van der Waals surface area (Å²) >= 11 is 2.70. The Morgan fingerprint density at radius 3 is 2.79 bits per heavy atom. The number of halogens is 2. The lowest BCUT2D eigenvalue weighted by Crippen LogP contribution is -2.37. The second kappa shape index (κ2) is 8.14. The Hall–Kier alpha value is -2.03. The molecule has 4 nitrogen and oxygen atoms in total. The molecule has 1 fully saturated rings. The summed E-state index contributed by atoms with van der Waals surface area (Å²) in [5, 5.41) is 0.342. The molecule has 1 unspecified atom stereocenters. The molecule has 0 spiro atoms. The topological polar surface area (TPSA) is 42.4 Å². The second-order valence-electron chi connectivity index (χ2n) is 6.51. The van der Waals surface area contributed by atoms with Crippen LogP contribution in [0.1, 0.15) is 23.2 Å². The fraction of sp³-hybridized carbons (Fsp3) is 0.300. The van der Waals surface area contributed by atoms with Gasteiger partial charge in [0.1, 0.15) is 11.3 Å². The highest BCUT2D eigenvalue weighted by atomic mass is 32.2. The number of thioether (sulfide) groups is 1. The SMILES string of the molecule is CSc1ccc(C(=O)N(CC2CCCO2)c2nc3c(F)cc(F)cc3s2)cc1. The van der Waals surface area contributed by atoms with Crippen LogP contribution in [0.5, 0.6) is 0 Å². The van der Waals surface area contributed by atoms with Gasteiger partial charge >= 0.3 is 0 Å². The molecule has 1 amide bonds. The molecule has 0 saturated carbocycles. The molecule has 0 aliphatic carbocycles. The summed E-state index contributed by atoms with van der Waals surface area (Å²) in [5.74, 6) is -1.63. The van der Waals surface area contributed by atoms with Crippen LogP contribution in [0, 0.1) is 11.6 Å². The highest BCUT2D eigenvalue weighted by Crippen LogP contribution is 2.33. The summed E-state index contributed by atoms with van der Waals surface area (Å²) in [6.45, 7) is 0.988. The van der Waals surface area contributed by atoms with Crippen LogP contribution in [0.2, 0.25) is 0 Å². The Labute approximate surface area is 169 Å². The lowest BCUT2D eigenvalue weighted by molar-refractivity contribution is 0.0917. The first-order valence-corrected chi connectivity index (χ1v) is 10.9. The predicted molar refractivity (Wildman–Crippen MR) is 108 cm³/mol. The number of anilines is 1. The van der Waals surface area contributed by atoms with Crippen LogP contribution in [0.25, 0.3) is 10.2 Å². The summed E-state index contributed by atoms with van der Waals surface area (Å²) in [7, 11) is 0. The summed E-state index contributed by atoms with van der Waals surface area (Å²) in [4.78, 5) is 20.1. The van der Waals surface area contributed by atoms with Gasteiger partial charge in [0.15, 0.2) is 10.9 Å². The minimum absolute atomic E-state index is 0.0734. The van der Waals surface area contributed by atoms with Crippen molar-refractivity contribution in [2.75, 3.05) is 24.3 Å². The molecule has 146 valence electrons. The summed E-state index contributed by atoms with van der Waals surface area (Å²) in [6, 6.07) is 9.35. The molecule has 3 aromatic rings. The normalized spacial score (nSPS) is 16.6. The zero-order valence-electron chi connectivity index (χ0n) is 15.2. The van der Waals surface area contributed by atoms with Crippen LogP contribution >= 0.6 is 23.1 Å². The number of carbonyl (C=O) groups is 1. The number of amides is 1. The number of nitrogens with zero attached hydrogens (tertiary/aromatic N) is 2. The average molecular weight is 421 g/mol. The summed E-state index contributed by atoms with van der Waals surface area (Å²) in [5.41, 5.74) is 0.589.